The number of amides is 1. The summed E-state index contributed by atoms with van der Waals surface area (Å²) in [7, 11) is 0. The monoisotopic (exact) mass is 292 g/mol. The summed E-state index contributed by atoms with van der Waals surface area (Å²) in [5.41, 5.74) is 0.424. The Labute approximate surface area is 125 Å². The Morgan fingerprint density at radius 1 is 1.29 bits per heavy atom. The van der Waals surface area contributed by atoms with E-state index in [2.05, 4.69) is 5.32 Å². The number of ether oxygens (including phenoxy) is 1. The van der Waals surface area contributed by atoms with Gasteiger partial charge in [-0.25, -0.2) is 4.79 Å². The van der Waals surface area contributed by atoms with Crippen LogP contribution in [0.2, 0.25) is 0 Å². The van der Waals surface area contributed by atoms with Crippen molar-refractivity contribution in [1.82, 2.24) is 9.88 Å². The highest BCUT2D eigenvalue weighted by molar-refractivity contribution is 5.88. The lowest BCUT2D eigenvalue weighted by Gasteiger charge is -2.17. The minimum atomic E-state index is -0.384. The van der Waals surface area contributed by atoms with Gasteiger partial charge >= 0.3 is 5.97 Å². The van der Waals surface area contributed by atoms with Gasteiger partial charge in [-0.05, 0) is 31.9 Å². The predicted molar refractivity (Wildman–Crippen MR) is 80.0 cm³/mol. The van der Waals surface area contributed by atoms with Crippen LogP contribution >= 0.6 is 0 Å². The van der Waals surface area contributed by atoms with Crippen molar-refractivity contribution in [3.05, 3.63) is 24.0 Å². The summed E-state index contributed by atoms with van der Waals surface area (Å²) >= 11 is 0. The van der Waals surface area contributed by atoms with Gasteiger partial charge < -0.3 is 14.6 Å². The normalized spacial score (nSPS) is 16.2. The van der Waals surface area contributed by atoms with E-state index in [9.17, 15) is 9.59 Å². The number of hydrogen-bond acceptors (Lipinski definition) is 3. The Kier molecular flexibility index (Phi) is 5.84. The Bertz CT molecular complexity index is 474. The Hall–Kier alpha value is -1.78. The average Bonchev–Trinajstić information content (AvgIpc) is 2.75. The molecule has 21 heavy (non-hydrogen) atoms. The fraction of sp³-hybridized carbons (Fsp3) is 0.625. The molecule has 0 saturated heterocycles. The second-order valence-corrected chi connectivity index (χ2v) is 5.50. The van der Waals surface area contributed by atoms with Crippen LogP contribution in [0.4, 0.5) is 0 Å². The Morgan fingerprint density at radius 3 is 2.67 bits per heavy atom. The molecule has 1 amide bonds. The molecule has 1 aromatic heterocycles. The molecular formula is C16H24N2O3. The van der Waals surface area contributed by atoms with Gasteiger partial charge in [-0.3, -0.25) is 4.79 Å². The Balaban J connectivity index is 1.90. The number of carbonyl (C=O) groups is 2. The molecule has 0 aliphatic heterocycles. The number of esters is 1. The zero-order chi connectivity index (χ0) is 15.1. The van der Waals surface area contributed by atoms with Crippen LogP contribution in [-0.2, 0) is 16.1 Å². The first kappa shape index (κ1) is 15.6. The molecule has 0 spiro atoms. The van der Waals surface area contributed by atoms with Crippen LogP contribution in [0.5, 0.6) is 0 Å². The van der Waals surface area contributed by atoms with Crippen LogP contribution in [0.3, 0.4) is 0 Å². The third-order valence-corrected chi connectivity index (χ3v) is 3.85. The minimum absolute atomic E-state index is 0.0383. The molecular weight excluding hydrogens is 268 g/mol. The molecule has 5 nitrogen and oxygen atoms in total. The molecule has 1 fully saturated rings. The summed E-state index contributed by atoms with van der Waals surface area (Å²) in [5, 5.41) is 3.08. The molecule has 1 N–H and O–H groups in total. The fourth-order valence-corrected chi connectivity index (χ4v) is 2.79. The molecule has 0 atom stereocenters. The van der Waals surface area contributed by atoms with E-state index >= 15 is 0 Å². The van der Waals surface area contributed by atoms with Gasteiger partial charge in [0.1, 0.15) is 12.2 Å². The number of nitrogens with zero attached hydrogens (tertiary/aromatic N) is 1. The van der Waals surface area contributed by atoms with Crippen molar-refractivity contribution in [2.75, 3.05) is 6.61 Å². The smallest absolute Gasteiger partial charge is 0.354 e. The van der Waals surface area contributed by atoms with Crippen molar-refractivity contribution in [2.45, 2.75) is 58.0 Å². The van der Waals surface area contributed by atoms with Crippen molar-refractivity contribution >= 4 is 11.9 Å². The van der Waals surface area contributed by atoms with E-state index in [4.69, 9.17) is 4.74 Å². The molecule has 1 aliphatic rings. The van der Waals surface area contributed by atoms with Gasteiger partial charge in [0, 0.05) is 12.2 Å². The van der Waals surface area contributed by atoms with Crippen molar-refractivity contribution in [3.8, 4) is 0 Å². The number of nitrogens with one attached hydrogen (secondary N) is 1. The van der Waals surface area contributed by atoms with Crippen molar-refractivity contribution in [1.29, 1.82) is 0 Å². The highest BCUT2D eigenvalue weighted by Gasteiger charge is 2.17. The second-order valence-electron chi connectivity index (χ2n) is 5.50. The molecule has 1 aliphatic carbocycles. The van der Waals surface area contributed by atoms with Gasteiger partial charge in [0.05, 0.1) is 6.61 Å². The number of carbonyl (C=O) groups excluding carboxylic acids is 2. The zero-order valence-electron chi connectivity index (χ0n) is 12.6. The summed E-state index contributed by atoms with van der Waals surface area (Å²) in [4.78, 5) is 23.9. The molecule has 0 unspecified atom stereocenters. The molecule has 2 rings (SSSR count). The molecule has 0 bridgehead atoms. The topological polar surface area (TPSA) is 60.3 Å². The van der Waals surface area contributed by atoms with Crippen LogP contribution in [0.15, 0.2) is 18.3 Å². The molecule has 1 heterocycles. The maximum Gasteiger partial charge on any atom is 0.354 e. The van der Waals surface area contributed by atoms with E-state index in [-0.39, 0.29) is 24.5 Å². The van der Waals surface area contributed by atoms with Gasteiger partial charge in [0.15, 0.2) is 0 Å². The molecule has 5 heteroatoms. The van der Waals surface area contributed by atoms with Crippen LogP contribution in [-0.4, -0.2) is 29.1 Å². The standard InChI is InChI=1S/C16H24N2O3/c1-2-21-16(20)14-10-7-11-18(14)12-15(19)17-13-8-5-3-4-6-9-13/h7,10-11,13H,2-6,8-9,12H2,1H3,(H,17,19). The molecule has 0 aromatic carbocycles. The maximum atomic E-state index is 12.1. The fourth-order valence-electron chi connectivity index (χ4n) is 2.79. The van der Waals surface area contributed by atoms with Crippen LogP contribution in [0.25, 0.3) is 0 Å². The van der Waals surface area contributed by atoms with Crippen LogP contribution in [0.1, 0.15) is 55.9 Å². The summed E-state index contributed by atoms with van der Waals surface area (Å²) in [5.74, 6) is -0.423. The molecule has 116 valence electrons. The molecule has 0 radical (unpaired) electrons. The summed E-state index contributed by atoms with van der Waals surface area (Å²) in [6.07, 6.45) is 8.74. The quantitative estimate of drug-likeness (QED) is 0.670. The molecule has 1 saturated carbocycles. The van der Waals surface area contributed by atoms with Crippen molar-refractivity contribution in [3.63, 3.8) is 0 Å². The summed E-state index contributed by atoms with van der Waals surface area (Å²) in [6.45, 7) is 2.26. The summed E-state index contributed by atoms with van der Waals surface area (Å²) in [6, 6.07) is 3.71. The van der Waals surface area contributed by atoms with Crippen molar-refractivity contribution < 1.29 is 14.3 Å². The lowest BCUT2D eigenvalue weighted by atomic mass is 10.1. The van der Waals surface area contributed by atoms with E-state index in [0.717, 1.165) is 12.8 Å². The number of rotatable bonds is 5. The van der Waals surface area contributed by atoms with E-state index in [1.807, 2.05) is 0 Å². The largest absolute Gasteiger partial charge is 0.461 e. The first-order valence-electron chi connectivity index (χ1n) is 7.82. The lowest BCUT2D eigenvalue weighted by molar-refractivity contribution is -0.122. The predicted octanol–water partition coefficient (Wildman–Crippen LogP) is 2.50. The highest BCUT2D eigenvalue weighted by Crippen LogP contribution is 2.17. The van der Waals surface area contributed by atoms with E-state index in [1.165, 1.54) is 25.7 Å². The lowest BCUT2D eigenvalue weighted by Crippen LogP contribution is -2.37. The third kappa shape index (κ3) is 4.62. The first-order valence-corrected chi connectivity index (χ1v) is 7.82. The van der Waals surface area contributed by atoms with Crippen LogP contribution in [0, 0.1) is 0 Å². The average molecular weight is 292 g/mol. The van der Waals surface area contributed by atoms with Gasteiger partial charge in [0.2, 0.25) is 5.91 Å². The van der Waals surface area contributed by atoms with E-state index in [0.29, 0.717) is 12.3 Å². The Morgan fingerprint density at radius 2 is 2.00 bits per heavy atom. The zero-order valence-corrected chi connectivity index (χ0v) is 12.6. The number of aromatic nitrogens is 1. The first-order chi connectivity index (χ1) is 10.2. The minimum Gasteiger partial charge on any atom is -0.461 e. The molecule has 1 aromatic rings. The SMILES string of the molecule is CCOC(=O)c1cccn1CC(=O)NC1CCCCCC1. The van der Waals surface area contributed by atoms with Crippen molar-refractivity contribution in [2.24, 2.45) is 0 Å². The van der Waals surface area contributed by atoms with Gasteiger partial charge in [-0.2, -0.15) is 0 Å². The van der Waals surface area contributed by atoms with Gasteiger partial charge in [-0.1, -0.05) is 25.7 Å². The summed E-state index contributed by atoms with van der Waals surface area (Å²) < 4.78 is 6.63. The van der Waals surface area contributed by atoms with Crippen LogP contribution < -0.4 is 5.32 Å². The van der Waals surface area contributed by atoms with E-state index < -0.39 is 0 Å². The van der Waals surface area contributed by atoms with Gasteiger partial charge in [0.25, 0.3) is 0 Å². The van der Waals surface area contributed by atoms with Gasteiger partial charge in [-0.15, -0.1) is 0 Å². The third-order valence-electron chi connectivity index (χ3n) is 3.85. The number of hydrogen-bond donors (Lipinski definition) is 1. The second kappa shape index (κ2) is 7.86. The highest BCUT2D eigenvalue weighted by atomic mass is 16.5. The van der Waals surface area contributed by atoms with E-state index in [1.54, 1.807) is 29.8 Å². The maximum absolute atomic E-state index is 12.1.